The predicted octanol–water partition coefficient (Wildman–Crippen LogP) is 2.99. The van der Waals surface area contributed by atoms with E-state index in [0.29, 0.717) is 0 Å². The summed E-state index contributed by atoms with van der Waals surface area (Å²) in [5.74, 6) is 0. The van der Waals surface area contributed by atoms with Gasteiger partial charge in [0, 0.05) is 25.7 Å². The van der Waals surface area contributed by atoms with E-state index < -0.39 is 0 Å². The quantitative estimate of drug-likeness (QED) is 0.880. The van der Waals surface area contributed by atoms with Gasteiger partial charge in [-0.15, -0.1) is 11.3 Å². The molecule has 0 bridgehead atoms. The van der Waals surface area contributed by atoms with Crippen molar-refractivity contribution in [3.63, 3.8) is 0 Å². The monoisotopic (exact) mass is 283 g/mol. The second-order valence-corrected chi connectivity index (χ2v) is 4.46. The van der Waals surface area contributed by atoms with Gasteiger partial charge in [-0.05, 0) is 38.9 Å². The van der Waals surface area contributed by atoms with Crippen LogP contribution in [0.4, 0.5) is 0 Å². The molecule has 1 aromatic heterocycles. The molecule has 1 rings (SSSR count). The van der Waals surface area contributed by atoms with Gasteiger partial charge in [0.25, 0.3) is 0 Å². The Balaban J connectivity index is 2.83. The van der Waals surface area contributed by atoms with Gasteiger partial charge in [0.1, 0.15) is 0 Å². The number of hydrogen-bond donors (Lipinski definition) is 1. The van der Waals surface area contributed by atoms with Crippen LogP contribution >= 0.6 is 43.2 Å². The molecule has 0 radical (unpaired) electrons. The molecule has 0 amide bonds. The van der Waals surface area contributed by atoms with E-state index in [1.54, 1.807) is 11.3 Å². The average molecular weight is 285 g/mol. The van der Waals surface area contributed by atoms with Crippen LogP contribution in [0.1, 0.15) is 4.88 Å². The summed E-state index contributed by atoms with van der Waals surface area (Å²) in [6.45, 7) is 0.927. The van der Waals surface area contributed by atoms with Crippen molar-refractivity contribution in [2.24, 2.45) is 0 Å². The molecule has 1 nitrogen and oxygen atoms in total. The number of rotatable bonds is 2. The molecule has 0 saturated heterocycles. The van der Waals surface area contributed by atoms with Gasteiger partial charge in [0.2, 0.25) is 0 Å². The Morgan fingerprint density at radius 3 is 2.70 bits per heavy atom. The molecule has 0 spiro atoms. The first kappa shape index (κ1) is 8.71. The lowest BCUT2D eigenvalue weighted by atomic mass is 10.5. The molecule has 56 valence electrons. The molecular weight excluding hydrogens is 278 g/mol. The van der Waals surface area contributed by atoms with Gasteiger partial charge in [-0.3, -0.25) is 0 Å². The summed E-state index contributed by atoms with van der Waals surface area (Å²) in [5, 5.41) is 5.18. The Morgan fingerprint density at radius 2 is 2.30 bits per heavy atom. The first-order valence-corrected chi connectivity index (χ1v) is 5.28. The Hall–Kier alpha value is 0.620. The smallest absolute Gasteiger partial charge is 0.0469 e. The predicted molar refractivity (Wildman–Crippen MR) is 52.5 cm³/mol. The highest BCUT2D eigenvalue weighted by Gasteiger charge is 2.04. The van der Waals surface area contributed by atoms with E-state index in [4.69, 9.17) is 0 Å². The van der Waals surface area contributed by atoms with E-state index in [2.05, 4.69) is 42.6 Å². The highest BCUT2D eigenvalue weighted by atomic mass is 79.9. The number of nitrogens with one attached hydrogen (secondary N) is 1. The summed E-state index contributed by atoms with van der Waals surface area (Å²) >= 11 is 8.64. The van der Waals surface area contributed by atoms with E-state index >= 15 is 0 Å². The zero-order valence-corrected chi connectivity index (χ0v) is 9.44. The number of halogens is 2. The van der Waals surface area contributed by atoms with Crippen LogP contribution in [-0.4, -0.2) is 7.05 Å². The van der Waals surface area contributed by atoms with Crippen molar-refractivity contribution in [3.05, 3.63) is 19.2 Å². The van der Waals surface area contributed by atoms with Gasteiger partial charge in [-0.25, -0.2) is 0 Å². The van der Waals surface area contributed by atoms with E-state index in [1.165, 1.54) is 9.35 Å². The minimum absolute atomic E-state index is 0.927. The summed E-state index contributed by atoms with van der Waals surface area (Å²) in [6, 6.07) is 0. The van der Waals surface area contributed by atoms with Gasteiger partial charge < -0.3 is 5.32 Å². The fourth-order valence-corrected chi connectivity index (χ4v) is 2.78. The Labute approximate surface area is 81.1 Å². The Morgan fingerprint density at radius 1 is 1.60 bits per heavy atom. The van der Waals surface area contributed by atoms with Crippen molar-refractivity contribution in [2.75, 3.05) is 7.05 Å². The van der Waals surface area contributed by atoms with Gasteiger partial charge in [0.15, 0.2) is 0 Å². The Kier molecular flexibility index (Phi) is 3.36. The lowest BCUT2D eigenvalue weighted by Gasteiger charge is -1.94. The fraction of sp³-hybridized carbons (Fsp3) is 0.333. The van der Waals surface area contributed by atoms with Crippen LogP contribution in [0.25, 0.3) is 0 Å². The third-order valence-corrected chi connectivity index (χ3v) is 4.71. The lowest BCUT2D eigenvalue weighted by Crippen LogP contribution is -2.03. The topological polar surface area (TPSA) is 12.0 Å². The highest BCUT2D eigenvalue weighted by Crippen LogP contribution is 2.32. The number of hydrogen-bond acceptors (Lipinski definition) is 2. The zero-order valence-electron chi connectivity index (χ0n) is 5.45. The number of thiophene rings is 1. The van der Waals surface area contributed by atoms with Gasteiger partial charge in [-0.1, -0.05) is 0 Å². The molecule has 1 heterocycles. The van der Waals surface area contributed by atoms with Crippen molar-refractivity contribution in [1.29, 1.82) is 0 Å². The van der Waals surface area contributed by atoms with E-state index in [1.807, 2.05) is 7.05 Å². The first-order chi connectivity index (χ1) is 4.75. The second kappa shape index (κ2) is 3.85. The molecule has 1 aromatic rings. The molecule has 10 heavy (non-hydrogen) atoms. The van der Waals surface area contributed by atoms with Gasteiger partial charge in [0.05, 0.1) is 0 Å². The zero-order chi connectivity index (χ0) is 7.56. The Bertz CT molecular complexity index is 222. The minimum atomic E-state index is 0.927. The van der Waals surface area contributed by atoms with Gasteiger partial charge >= 0.3 is 0 Å². The molecule has 0 aliphatic heterocycles. The molecule has 0 aliphatic rings. The van der Waals surface area contributed by atoms with Crippen LogP contribution in [0.15, 0.2) is 14.3 Å². The summed E-state index contributed by atoms with van der Waals surface area (Å²) in [6.07, 6.45) is 0. The second-order valence-electron chi connectivity index (χ2n) is 1.85. The third-order valence-electron chi connectivity index (χ3n) is 1.10. The molecule has 0 aromatic carbocycles. The third kappa shape index (κ3) is 1.81. The average Bonchev–Trinajstić information content (AvgIpc) is 2.20. The molecule has 1 N–H and O–H groups in total. The molecule has 0 unspecified atom stereocenters. The molecule has 0 fully saturated rings. The van der Waals surface area contributed by atoms with E-state index in [9.17, 15) is 0 Å². The fourth-order valence-electron chi connectivity index (χ4n) is 0.639. The molecule has 0 saturated carbocycles. The van der Waals surface area contributed by atoms with E-state index in [0.717, 1.165) is 11.0 Å². The van der Waals surface area contributed by atoms with Crippen molar-refractivity contribution in [2.45, 2.75) is 6.54 Å². The van der Waals surface area contributed by atoms with E-state index in [-0.39, 0.29) is 0 Å². The van der Waals surface area contributed by atoms with Crippen LogP contribution in [-0.2, 0) is 6.54 Å². The van der Waals surface area contributed by atoms with Crippen molar-refractivity contribution in [3.8, 4) is 0 Å². The van der Waals surface area contributed by atoms with Crippen LogP contribution in [0.5, 0.6) is 0 Å². The van der Waals surface area contributed by atoms with Crippen LogP contribution in [0, 0.1) is 0 Å². The maximum Gasteiger partial charge on any atom is 0.0469 e. The van der Waals surface area contributed by atoms with Crippen molar-refractivity contribution < 1.29 is 0 Å². The van der Waals surface area contributed by atoms with Crippen LogP contribution < -0.4 is 5.32 Å². The standard InChI is InChI=1S/C6H7Br2NS/c1-9-2-5-6(8)4(7)3-10-5/h3,9H,2H2,1H3. The highest BCUT2D eigenvalue weighted by molar-refractivity contribution is 9.13. The summed E-state index contributed by atoms with van der Waals surface area (Å²) in [4.78, 5) is 1.33. The minimum Gasteiger partial charge on any atom is -0.315 e. The normalized spacial score (nSPS) is 10.3. The van der Waals surface area contributed by atoms with Crippen LogP contribution in [0.3, 0.4) is 0 Å². The molecule has 0 atom stereocenters. The molecular formula is C6H7Br2NS. The van der Waals surface area contributed by atoms with Crippen LogP contribution in [0.2, 0.25) is 0 Å². The van der Waals surface area contributed by atoms with Crippen molar-refractivity contribution >= 4 is 43.2 Å². The largest absolute Gasteiger partial charge is 0.315 e. The van der Waals surface area contributed by atoms with Crippen molar-refractivity contribution in [1.82, 2.24) is 5.32 Å². The lowest BCUT2D eigenvalue weighted by molar-refractivity contribution is 0.828. The maximum absolute atomic E-state index is 3.47. The molecule has 0 aliphatic carbocycles. The summed E-state index contributed by atoms with van der Waals surface area (Å²) in [7, 11) is 1.94. The summed E-state index contributed by atoms with van der Waals surface area (Å²) in [5.41, 5.74) is 0. The SMILES string of the molecule is CNCc1scc(Br)c1Br. The first-order valence-electron chi connectivity index (χ1n) is 2.81. The molecule has 4 heteroatoms. The maximum atomic E-state index is 3.47. The summed E-state index contributed by atoms with van der Waals surface area (Å²) < 4.78 is 2.31. The van der Waals surface area contributed by atoms with Gasteiger partial charge in [-0.2, -0.15) is 0 Å².